The van der Waals surface area contributed by atoms with Gasteiger partial charge in [-0.15, -0.1) is 0 Å². The average molecular weight is 231 g/mol. The van der Waals surface area contributed by atoms with Crippen LogP contribution in [0.1, 0.15) is 20.3 Å². The first-order valence-electron chi connectivity index (χ1n) is 4.93. The zero-order valence-corrected chi connectivity index (χ0v) is 10.1. The van der Waals surface area contributed by atoms with E-state index in [0.717, 1.165) is 0 Å². The van der Waals surface area contributed by atoms with Crippen LogP contribution in [0, 0.1) is 11.8 Å². The second-order valence-corrected chi connectivity index (χ2v) is 5.98. The summed E-state index contributed by atoms with van der Waals surface area (Å²) in [7, 11) is 0. The van der Waals surface area contributed by atoms with Gasteiger partial charge in [-0.1, -0.05) is 0 Å². The maximum Gasteiger partial charge on any atom is 0.307 e. The van der Waals surface area contributed by atoms with Crippen LogP contribution < -0.4 is 5.32 Å². The van der Waals surface area contributed by atoms with Crippen LogP contribution in [-0.4, -0.2) is 34.5 Å². The van der Waals surface area contributed by atoms with Gasteiger partial charge in [-0.3, -0.25) is 9.59 Å². The molecule has 15 heavy (non-hydrogen) atoms. The minimum Gasteiger partial charge on any atom is -0.481 e. The van der Waals surface area contributed by atoms with E-state index in [0.29, 0.717) is 13.0 Å². The average Bonchev–Trinajstić information content (AvgIpc) is 2.94. The van der Waals surface area contributed by atoms with E-state index in [1.165, 1.54) is 0 Å². The number of amides is 1. The summed E-state index contributed by atoms with van der Waals surface area (Å²) in [5.41, 5.74) is 0. The van der Waals surface area contributed by atoms with Crippen LogP contribution in [-0.2, 0) is 9.59 Å². The van der Waals surface area contributed by atoms with Gasteiger partial charge in [-0.05, 0) is 26.5 Å². The Morgan fingerprint density at radius 2 is 2.07 bits per heavy atom. The smallest absolute Gasteiger partial charge is 0.307 e. The molecule has 0 aromatic rings. The number of hydrogen-bond donors (Lipinski definition) is 2. The Labute approximate surface area is 93.8 Å². The van der Waals surface area contributed by atoms with Gasteiger partial charge in [0.05, 0.1) is 11.8 Å². The number of carboxylic acid groups (broad SMARTS) is 1. The molecule has 0 aromatic heterocycles. The van der Waals surface area contributed by atoms with Crippen molar-refractivity contribution in [3.8, 4) is 0 Å². The Hall–Kier alpha value is -0.710. The van der Waals surface area contributed by atoms with E-state index < -0.39 is 11.9 Å². The third kappa shape index (κ3) is 3.41. The maximum absolute atomic E-state index is 11.5. The van der Waals surface area contributed by atoms with E-state index in [9.17, 15) is 9.59 Å². The molecule has 0 unspecified atom stereocenters. The Balaban J connectivity index is 2.30. The molecule has 5 heteroatoms. The summed E-state index contributed by atoms with van der Waals surface area (Å²) in [5, 5.41) is 11.5. The Bertz CT molecular complexity index is 278. The third-order valence-electron chi connectivity index (χ3n) is 2.69. The summed E-state index contributed by atoms with van der Waals surface area (Å²) in [6.45, 7) is 4.66. The van der Waals surface area contributed by atoms with Gasteiger partial charge in [0.15, 0.2) is 0 Å². The number of carbonyl (C=O) groups excluding carboxylic acids is 1. The van der Waals surface area contributed by atoms with Crippen molar-refractivity contribution in [3.05, 3.63) is 0 Å². The van der Waals surface area contributed by atoms with Crippen molar-refractivity contribution < 1.29 is 14.7 Å². The summed E-state index contributed by atoms with van der Waals surface area (Å²) >= 11 is 1.68. The molecule has 0 radical (unpaired) electrons. The largest absolute Gasteiger partial charge is 0.481 e. The van der Waals surface area contributed by atoms with E-state index in [2.05, 4.69) is 5.32 Å². The molecular formula is C10H17NO3S. The molecule has 0 spiro atoms. The fourth-order valence-electron chi connectivity index (χ4n) is 1.26. The van der Waals surface area contributed by atoms with Crippen LogP contribution in [0.5, 0.6) is 0 Å². The highest BCUT2D eigenvalue weighted by Crippen LogP contribution is 2.38. The van der Waals surface area contributed by atoms with E-state index in [4.69, 9.17) is 5.11 Å². The molecule has 0 heterocycles. The van der Waals surface area contributed by atoms with Gasteiger partial charge in [0.1, 0.15) is 0 Å². The Morgan fingerprint density at radius 1 is 1.47 bits per heavy atom. The van der Waals surface area contributed by atoms with E-state index in [1.807, 2.05) is 20.1 Å². The Morgan fingerprint density at radius 3 is 2.47 bits per heavy atom. The van der Waals surface area contributed by atoms with Crippen molar-refractivity contribution >= 4 is 23.6 Å². The third-order valence-corrected chi connectivity index (χ3v) is 3.93. The lowest BCUT2D eigenvalue weighted by molar-refractivity contribution is -0.140. The predicted molar refractivity (Wildman–Crippen MR) is 59.8 cm³/mol. The second-order valence-electron chi connectivity index (χ2n) is 4.47. The van der Waals surface area contributed by atoms with Gasteiger partial charge in [-0.25, -0.2) is 0 Å². The SMILES string of the molecule is CSC(C)(C)CNC(=O)[C@@H]1C[C@@H]1C(=O)O. The summed E-state index contributed by atoms with van der Waals surface area (Å²) in [4.78, 5) is 22.0. The number of aliphatic carboxylic acids is 1. The van der Waals surface area contributed by atoms with Crippen molar-refractivity contribution in [1.29, 1.82) is 0 Å². The van der Waals surface area contributed by atoms with Crippen molar-refractivity contribution in [3.63, 3.8) is 0 Å². The monoisotopic (exact) mass is 231 g/mol. The molecule has 0 aliphatic heterocycles. The number of thioether (sulfide) groups is 1. The standard InChI is InChI=1S/C10H17NO3S/c1-10(2,15-3)5-11-8(12)6-4-7(6)9(13)14/h6-7H,4-5H2,1-3H3,(H,11,12)(H,13,14)/t6-,7+/m1/s1. The van der Waals surface area contributed by atoms with Crippen LogP contribution in [0.3, 0.4) is 0 Å². The number of carbonyl (C=O) groups is 2. The molecule has 1 saturated carbocycles. The first-order chi connectivity index (χ1) is 6.87. The molecule has 0 saturated heterocycles. The maximum atomic E-state index is 11.5. The van der Waals surface area contributed by atoms with Crippen molar-refractivity contribution in [2.75, 3.05) is 12.8 Å². The summed E-state index contributed by atoms with van der Waals surface area (Å²) in [5.74, 6) is -1.74. The fourth-order valence-corrected chi connectivity index (χ4v) is 1.48. The van der Waals surface area contributed by atoms with E-state index >= 15 is 0 Å². The van der Waals surface area contributed by atoms with Crippen LogP contribution in [0.25, 0.3) is 0 Å². The van der Waals surface area contributed by atoms with Gasteiger partial charge in [-0.2, -0.15) is 11.8 Å². The minimum atomic E-state index is -0.862. The minimum absolute atomic E-state index is 0.00324. The molecule has 0 aromatic carbocycles. The molecule has 2 atom stereocenters. The van der Waals surface area contributed by atoms with E-state index in [-0.39, 0.29) is 16.6 Å². The van der Waals surface area contributed by atoms with Gasteiger partial charge in [0.2, 0.25) is 5.91 Å². The molecule has 1 fully saturated rings. The molecule has 2 N–H and O–H groups in total. The van der Waals surface area contributed by atoms with Crippen LogP contribution >= 0.6 is 11.8 Å². The zero-order valence-electron chi connectivity index (χ0n) is 9.24. The molecule has 1 rings (SSSR count). The molecule has 4 nitrogen and oxygen atoms in total. The molecule has 1 aliphatic carbocycles. The lowest BCUT2D eigenvalue weighted by Gasteiger charge is -2.22. The normalized spacial score (nSPS) is 24.7. The first-order valence-corrected chi connectivity index (χ1v) is 6.15. The fraction of sp³-hybridized carbons (Fsp3) is 0.800. The summed E-state index contributed by atoms with van der Waals surface area (Å²) in [6, 6.07) is 0. The zero-order chi connectivity index (χ0) is 11.6. The molecular weight excluding hydrogens is 214 g/mol. The number of rotatable bonds is 5. The molecule has 1 amide bonds. The lowest BCUT2D eigenvalue weighted by Crippen LogP contribution is -2.37. The van der Waals surface area contributed by atoms with Gasteiger partial charge in [0, 0.05) is 11.3 Å². The topological polar surface area (TPSA) is 66.4 Å². The number of hydrogen-bond acceptors (Lipinski definition) is 3. The van der Waals surface area contributed by atoms with E-state index in [1.54, 1.807) is 11.8 Å². The molecule has 86 valence electrons. The second kappa shape index (κ2) is 4.43. The van der Waals surface area contributed by atoms with Crippen molar-refractivity contribution in [1.82, 2.24) is 5.32 Å². The van der Waals surface area contributed by atoms with Crippen LogP contribution in [0.2, 0.25) is 0 Å². The number of nitrogens with one attached hydrogen (secondary N) is 1. The lowest BCUT2D eigenvalue weighted by atomic mass is 10.2. The Kier molecular flexibility index (Phi) is 3.65. The highest BCUT2D eigenvalue weighted by atomic mass is 32.2. The highest BCUT2D eigenvalue weighted by Gasteiger charge is 2.48. The van der Waals surface area contributed by atoms with Crippen LogP contribution in [0.15, 0.2) is 0 Å². The van der Waals surface area contributed by atoms with Crippen LogP contribution in [0.4, 0.5) is 0 Å². The van der Waals surface area contributed by atoms with Crippen molar-refractivity contribution in [2.45, 2.75) is 25.0 Å². The van der Waals surface area contributed by atoms with Gasteiger partial charge in [0.25, 0.3) is 0 Å². The number of carboxylic acids is 1. The quantitative estimate of drug-likeness (QED) is 0.739. The predicted octanol–water partition coefficient (Wildman–Crippen LogP) is 0.965. The molecule has 1 aliphatic rings. The van der Waals surface area contributed by atoms with Crippen molar-refractivity contribution in [2.24, 2.45) is 11.8 Å². The molecule has 0 bridgehead atoms. The summed E-state index contributed by atoms with van der Waals surface area (Å²) in [6.07, 6.45) is 2.48. The highest BCUT2D eigenvalue weighted by molar-refractivity contribution is 7.99. The van der Waals surface area contributed by atoms with Gasteiger partial charge < -0.3 is 10.4 Å². The summed E-state index contributed by atoms with van der Waals surface area (Å²) < 4.78 is 0.00324. The first kappa shape index (κ1) is 12.4. The van der Waals surface area contributed by atoms with Gasteiger partial charge >= 0.3 is 5.97 Å².